The van der Waals surface area contributed by atoms with Crippen LogP contribution in [0.2, 0.25) is 0 Å². The van der Waals surface area contributed by atoms with Gasteiger partial charge in [0.1, 0.15) is 0 Å². The van der Waals surface area contributed by atoms with E-state index in [1.54, 1.807) is 42.3 Å². The molecule has 0 radical (unpaired) electrons. The molecule has 0 bridgehead atoms. The molecule has 5 aromatic rings. The summed E-state index contributed by atoms with van der Waals surface area (Å²) >= 11 is 0. The van der Waals surface area contributed by atoms with E-state index < -0.39 is 0 Å². The summed E-state index contributed by atoms with van der Waals surface area (Å²) in [5.74, 6) is 2.92. The quantitative estimate of drug-likeness (QED) is 0.126. The molecule has 1 aliphatic rings. The predicted octanol–water partition coefficient (Wildman–Crippen LogP) is 14.8. The second-order valence-electron chi connectivity index (χ2n) is 16.8. The van der Waals surface area contributed by atoms with Gasteiger partial charge in [-0.25, -0.2) is 4.98 Å². The van der Waals surface area contributed by atoms with Gasteiger partial charge >= 0.3 is 0 Å². The van der Waals surface area contributed by atoms with E-state index in [-0.39, 0.29) is 37.8 Å². The van der Waals surface area contributed by atoms with Crippen LogP contribution in [-0.2, 0) is 32.9 Å². The van der Waals surface area contributed by atoms with Crippen LogP contribution in [0.1, 0.15) is 167 Å². The van der Waals surface area contributed by atoms with E-state index in [9.17, 15) is 0 Å². The summed E-state index contributed by atoms with van der Waals surface area (Å²) in [4.78, 5) is 5.64. The van der Waals surface area contributed by atoms with Gasteiger partial charge in [0, 0.05) is 39.1 Å². The fourth-order valence-corrected chi connectivity index (χ4v) is 7.74. The number of benzene rings is 4. The Balaban J connectivity index is 0.00000106. The third-order valence-electron chi connectivity index (χ3n) is 10.4. The zero-order valence-electron chi connectivity index (χ0n) is 38.8. The van der Waals surface area contributed by atoms with Crippen molar-refractivity contribution in [3.8, 4) is 11.1 Å². The van der Waals surface area contributed by atoms with Gasteiger partial charge in [-0.05, 0) is 80.1 Å². The number of aromatic nitrogens is 2. The minimum atomic E-state index is -0.260. The number of nitrogens with zero attached hydrogens (tertiary/aromatic N) is 6. The third kappa shape index (κ3) is 11.9. The van der Waals surface area contributed by atoms with Crippen molar-refractivity contribution in [2.75, 3.05) is 42.3 Å². The molecule has 1 aliphatic carbocycles. The molecule has 1 aromatic heterocycles. The number of hydrogen-bond acceptors (Lipinski definition) is 1. The minimum absolute atomic E-state index is 0. The molecule has 314 valence electrons. The maximum Gasteiger partial charge on any atom is 0.0980 e. The van der Waals surface area contributed by atoms with E-state index in [1.165, 1.54) is 55.6 Å². The molecular formula is C51H72HfN6-4. The molecule has 0 saturated carbocycles. The van der Waals surface area contributed by atoms with Crippen LogP contribution in [0, 0.1) is 0 Å². The van der Waals surface area contributed by atoms with Crippen LogP contribution >= 0.6 is 0 Å². The Morgan fingerprint density at radius 2 is 0.931 bits per heavy atom. The summed E-state index contributed by atoms with van der Waals surface area (Å²) in [7, 11) is 12.7. The molecule has 0 aliphatic heterocycles. The second kappa shape index (κ2) is 24.0. The van der Waals surface area contributed by atoms with Crippen LogP contribution < -0.4 is 0 Å². The molecule has 0 N–H and O–H groups in total. The normalized spacial score (nSPS) is 12.2. The molecule has 6 nitrogen and oxygen atoms in total. The Morgan fingerprint density at radius 1 is 0.534 bits per heavy atom. The summed E-state index contributed by atoms with van der Waals surface area (Å²) in [6, 6.07) is 29.1. The van der Waals surface area contributed by atoms with E-state index in [0.717, 1.165) is 17.2 Å². The van der Waals surface area contributed by atoms with Crippen molar-refractivity contribution in [1.29, 1.82) is 0 Å². The molecule has 1 heterocycles. The molecule has 7 heteroatoms. The molecule has 1 atom stereocenters. The molecule has 0 spiro atoms. The van der Waals surface area contributed by atoms with Gasteiger partial charge in [-0.1, -0.05) is 159 Å². The Kier molecular flexibility index (Phi) is 21.0. The second-order valence-corrected chi connectivity index (χ2v) is 16.8. The molecule has 1 unspecified atom stereocenters. The van der Waals surface area contributed by atoms with Gasteiger partial charge in [-0.3, -0.25) is 0 Å². The topological polar surface area (TPSA) is 74.2 Å². The maximum atomic E-state index is 5.91. The van der Waals surface area contributed by atoms with Gasteiger partial charge < -0.3 is 25.8 Å². The zero-order chi connectivity index (χ0) is 42.6. The van der Waals surface area contributed by atoms with Crippen LogP contribution in [0.4, 0.5) is 5.69 Å². The smallest absolute Gasteiger partial charge is 0.0980 e. The van der Waals surface area contributed by atoms with E-state index in [0.29, 0.717) is 29.6 Å². The first-order valence-electron chi connectivity index (χ1n) is 20.8. The first-order chi connectivity index (χ1) is 27.1. The maximum absolute atomic E-state index is 5.91. The van der Waals surface area contributed by atoms with Crippen LogP contribution in [0.5, 0.6) is 0 Å². The van der Waals surface area contributed by atoms with Crippen molar-refractivity contribution >= 4 is 5.69 Å². The number of aryl methyl sites for hydroxylation is 1. The van der Waals surface area contributed by atoms with Crippen LogP contribution in [-0.4, -0.2) is 51.8 Å². The van der Waals surface area contributed by atoms with Crippen molar-refractivity contribution in [2.45, 2.75) is 111 Å². The van der Waals surface area contributed by atoms with Crippen LogP contribution in [0.15, 0.2) is 85.1 Å². The Morgan fingerprint density at radius 3 is 1.31 bits per heavy atom. The fraction of sp³-hybridized carbons (Fsp3) is 0.471. The van der Waals surface area contributed by atoms with Crippen molar-refractivity contribution in [2.24, 2.45) is 7.05 Å². The monoisotopic (exact) mass is 949 g/mol. The fourth-order valence-electron chi connectivity index (χ4n) is 7.74. The first-order valence-corrected chi connectivity index (χ1v) is 20.8. The SMILES string of the molecule is CC(C)c1cc(C(C)C)c(C([N-]c2c(C(C)C)cccc2C(C)C)c2nc(C3c4ccccc4-c4ccccc43)cn2C)c(C(C)C)c1.C[N-]C.C[N-]C.C[N-]C.[Hf]. The number of imidazole rings is 1. The number of fused-ring (bicyclic) bond motifs is 3. The van der Waals surface area contributed by atoms with E-state index in [4.69, 9.17) is 10.3 Å². The molecule has 0 fully saturated rings. The van der Waals surface area contributed by atoms with Gasteiger partial charge in [0.25, 0.3) is 0 Å². The number of hydrogen-bond donors (Lipinski definition) is 0. The summed E-state index contributed by atoms with van der Waals surface area (Å²) in [5.41, 5.74) is 15.6. The Bertz CT molecular complexity index is 1880. The van der Waals surface area contributed by atoms with E-state index in [1.807, 2.05) is 0 Å². The van der Waals surface area contributed by atoms with Crippen molar-refractivity contribution < 1.29 is 25.8 Å². The molecule has 4 aromatic carbocycles. The van der Waals surface area contributed by atoms with Crippen molar-refractivity contribution in [1.82, 2.24) is 9.55 Å². The Labute approximate surface area is 372 Å². The van der Waals surface area contributed by atoms with E-state index >= 15 is 0 Å². The van der Waals surface area contributed by atoms with Crippen molar-refractivity contribution in [3.05, 3.63) is 162 Å². The average molecular weight is 948 g/mol. The molecule has 0 saturated heterocycles. The summed E-state index contributed by atoms with van der Waals surface area (Å²) in [5, 5.41) is 16.4. The standard InChI is InChI=1S/C45H54N3.3C2H6N.Hf/c1-26(2)31-23-38(29(7)8)42(39(24-31)30(9)10)44(47-43-32(27(3)4)21-16-22-33(43)28(5)6)45-46-40(25-48(45)11)41-36-19-14-12-17-34(36)35-18-13-15-20-37(35)41;3*1-3-2;/h12-30,41,44H,1-11H3;3*1-2H3;/q4*-1;. The average Bonchev–Trinajstić information content (AvgIpc) is 3.71. The minimum Gasteiger partial charge on any atom is -0.671 e. The van der Waals surface area contributed by atoms with Crippen molar-refractivity contribution in [3.63, 3.8) is 0 Å². The predicted molar refractivity (Wildman–Crippen MR) is 250 cm³/mol. The summed E-state index contributed by atoms with van der Waals surface area (Å²) < 4.78 is 2.27. The van der Waals surface area contributed by atoms with Gasteiger partial charge in [-0.2, -0.15) is 42.3 Å². The summed E-state index contributed by atoms with van der Waals surface area (Å²) in [6.07, 6.45) is 2.27. The van der Waals surface area contributed by atoms with Gasteiger partial charge in [-0.15, -0.1) is 5.69 Å². The Hall–Kier alpha value is -3.36. The van der Waals surface area contributed by atoms with Crippen LogP contribution in [0.3, 0.4) is 0 Å². The zero-order valence-corrected chi connectivity index (χ0v) is 42.4. The molecule has 58 heavy (non-hydrogen) atoms. The van der Waals surface area contributed by atoms with Crippen LogP contribution in [0.25, 0.3) is 32.4 Å². The third-order valence-corrected chi connectivity index (χ3v) is 10.4. The number of para-hydroxylation sites is 1. The van der Waals surface area contributed by atoms with Gasteiger partial charge in [0.15, 0.2) is 0 Å². The largest absolute Gasteiger partial charge is 0.671 e. The van der Waals surface area contributed by atoms with Gasteiger partial charge in [0.05, 0.1) is 17.4 Å². The molecular weight excluding hydrogens is 875 g/mol. The van der Waals surface area contributed by atoms with Gasteiger partial charge in [0.2, 0.25) is 0 Å². The number of rotatable bonds is 10. The molecule has 6 rings (SSSR count). The van der Waals surface area contributed by atoms with E-state index in [2.05, 4.69) is 182 Å². The first kappa shape index (κ1) is 50.8. The summed E-state index contributed by atoms with van der Waals surface area (Å²) in [6.45, 7) is 23.1. The molecule has 0 amide bonds.